The lowest BCUT2D eigenvalue weighted by molar-refractivity contribution is -0.127. The van der Waals surface area contributed by atoms with Crippen LogP contribution >= 0.6 is 0 Å². The molecule has 0 unspecified atom stereocenters. The number of hydrogen-bond donors (Lipinski definition) is 0. The Hall–Kier alpha value is -2.15. The van der Waals surface area contributed by atoms with E-state index in [-0.39, 0.29) is 11.6 Å². The number of hydrogen-bond acceptors (Lipinski definition) is 4. The molecule has 2 rings (SSSR count). The van der Waals surface area contributed by atoms with Crippen molar-refractivity contribution in [3.8, 4) is 0 Å². The lowest BCUT2D eigenvalue weighted by Crippen LogP contribution is -2.49. The van der Waals surface area contributed by atoms with E-state index < -0.39 is 5.56 Å². The van der Waals surface area contributed by atoms with Crippen LogP contribution in [-0.2, 0) is 18.9 Å². The van der Waals surface area contributed by atoms with Gasteiger partial charge in [-0.2, -0.15) is 0 Å². The highest BCUT2D eigenvalue weighted by Crippen LogP contribution is 2.06. The molecule has 0 spiro atoms. The molecule has 0 radical (unpaired) electrons. The van der Waals surface area contributed by atoms with Crippen LogP contribution in [0.1, 0.15) is 19.4 Å². The summed E-state index contributed by atoms with van der Waals surface area (Å²) in [5, 5.41) is 0. The smallest absolute Gasteiger partial charge is 0.330 e. The molecule has 1 aromatic heterocycles. The molecule has 1 aliphatic heterocycles. The van der Waals surface area contributed by atoms with Crippen molar-refractivity contribution in [3.63, 3.8) is 0 Å². The average Bonchev–Trinajstić information content (AvgIpc) is 2.55. The monoisotopic (exact) mass is 334 g/mol. The van der Waals surface area contributed by atoms with Gasteiger partial charge in [0.25, 0.3) is 5.56 Å². The van der Waals surface area contributed by atoms with Crippen LogP contribution in [0.2, 0.25) is 0 Å². The minimum absolute atomic E-state index is 0.102. The van der Waals surface area contributed by atoms with Crippen LogP contribution in [0.15, 0.2) is 21.9 Å². The van der Waals surface area contributed by atoms with Gasteiger partial charge >= 0.3 is 5.69 Å². The summed E-state index contributed by atoms with van der Waals surface area (Å²) in [6, 6.07) is 0. The first-order valence-corrected chi connectivity index (χ1v) is 8.25. The van der Waals surface area contributed by atoms with Gasteiger partial charge in [0, 0.05) is 59.1 Å². The fraction of sp³-hybridized carbons (Fsp3) is 0.588. The molecule has 132 valence electrons. The molecule has 1 aliphatic rings. The number of carbonyl (C=O) groups is 1. The molecule has 1 saturated heterocycles. The van der Waals surface area contributed by atoms with E-state index in [2.05, 4.69) is 18.7 Å². The third-order valence-corrected chi connectivity index (χ3v) is 4.19. The SMILES string of the molecule is CC(C)CN1CCN(C(=O)/C=C/c2cn(C)c(=O)n(C)c2=O)CC1. The number of amides is 1. The first kappa shape index (κ1) is 18.2. The molecule has 1 aromatic rings. The summed E-state index contributed by atoms with van der Waals surface area (Å²) in [5.74, 6) is 0.517. The lowest BCUT2D eigenvalue weighted by Gasteiger charge is -2.35. The fourth-order valence-electron chi connectivity index (χ4n) is 2.88. The summed E-state index contributed by atoms with van der Waals surface area (Å²) in [5.41, 5.74) is -0.458. The van der Waals surface area contributed by atoms with Gasteiger partial charge in [0.2, 0.25) is 5.91 Å². The van der Waals surface area contributed by atoms with E-state index in [9.17, 15) is 14.4 Å². The van der Waals surface area contributed by atoms with Gasteiger partial charge < -0.3 is 9.47 Å². The van der Waals surface area contributed by atoms with E-state index in [4.69, 9.17) is 0 Å². The number of aryl methyl sites for hydroxylation is 1. The van der Waals surface area contributed by atoms with Gasteiger partial charge in [0.15, 0.2) is 0 Å². The zero-order valence-electron chi connectivity index (χ0n) is 14.9. The summed E-state index contributed by atoms with van der Waals surface area (Å²) < 4.78 is 2.37. The van der Waals surface area contributed by atoms with Crippen LogP contribution in [0.4, 0.5) is 0 Å². The maximum atomic E-state index is 12.3. The molecule has 0 aromatic carbocycles. The standard InChI is InChI=1S/C17H26N4O3/c1-13(2)11-20-7-9-21(10-8-20)15(22)6-5-14-12-18(3)17(24)19(4)16(14)23/h5-6,12-13H,7-11H2,1-4H3/b6-5+. The van der Waals surface area contributed by atoms with Crippen LogP contribution in [0.25, 0.3) is 6.08 Å². The quantitative estimate of drug-likeness (QED) is 0.721. The summed E-state index contributed by atoms with van der Waals surface area (Å²) in [4.78, 5) is 40.1. The van der Waals surface area contributed by atoms with Gasteiger partial charge in [-0.25, -0.2) is 4.79 Å². The molecule has 1 fully saturated rings. The Balaban J connectivity index is 2.02. The summed E-state index contributed by atoms with van der Waals surface area (Å²) in [7, 11) is 3.01. The summed E-state index contributed by atoms with van der Waals surface area (Å²) in [6.45, 7) is 8.56. The van der Waals surface area contributed by atoms with Crippen LogP contribution in [0.3, 0.4) is 0 Å². The molecule has 0 bridgehead atoms. The summed E-state index contributed by atoms with van der Waals surface area (Å²) >= 11 is 0. The van der Waals surface area contributed by atoms with E-state index in [0.29, 0.717) is 24.6 Å². The van der Waals surface area contributed by atoms with Crippen molar-refractivity contribution >= 4 is 12.0 Å². The zero-order chi connectivity index (χ0) is 17.9. The Morgan fingerprint density at radius 3 is 2.38 bits per heavy atom. The van der Waals surface area contributed by atoms with Gasteiger partial charge in [-0.15, -0.1) is 0 Å². The minimum Gasteiger partial charge on any atom is -0.337 e. The van der Waals surface area contributed by atoms with Crippen molar-refractivity contribution < 1.29 is 4.79 Å². The van der Waals surface area contributed by atoms with Gasteiger partial charge in [-0.3, -0.25) is 19.1 Å². The second kappa shape index (κ2) is 7.61. The van der Waals surface area contributed by atoms with Crippen molar-refractivity contribution in [2.24, 2.45) is 20.0 Å². The Bertz CT molecular complexity index is 737. The predicted molar refractivity (Wildman–Crippen MR) is 93.8 cm³/mol. The molecule has 7 heteroatoms. The molecule has 0 atom stereocenters. The highest BCUT2D eigenvalue weighted by molar-refractivity contribution is 5.91. The van der Waals surface area contributed by atoms with E-state index in [1.54, 1.807) is 11.9 Å². The van der Waals surface area contributed by atoms with Crippen molar-refractivity contribution in [2.75, 3.05) is 32.7 Å². The third kappa shape index (κ3) is 4.23. The molecular weight excluding hydrogens is 308 g/mol. The van der Waals surface area contributed by atoms with E-state index in [0.717, 1.165) is 24.2 Å². The Kier molecular flexibility index (Phi) is 5.77. The highest BCUT2D eigenvalue weighted by Gasteiger charge is 2.19. The number of rotatable bonds is 4. The maximum Gasteiger partial charge on any atom is 0.330 e. The number of piperazine rings is 1. The van der Waals surface area contributed by atoms with Crippen LogP contribution in [0.5, 0.6) is 0 Å². The van der Waals surface area contributed by atoms with Gasteiger partial charge in [0.1, 0.15) is 0 Å². The molecule has 0 saturated carbocycles. The Labute approximate surface area is 141 Å². The van der Waals surface area contributed by atoms with E-state index in [1.807, 2.05) is 0 Å². The Morgan fingerprint density at radius 2 is 1.79 bits per heavy atom. The molecule has 24 heavy (non-hydrogen) atoms. The molecular formula is C17H26N4O3. The predicted octanol–water partition coefficient (Wildman–Crippen LogP) is -0.103. The molecule has 0 aliphatic carbocycles. The second-order valence-electron chi connectivity index (χ2n) is 6.70. The Morgan fingerprint density at radius 1 is 1.17 bits per heavy atom. The largest absolute Gasteiger partial charge is 0.337 e. The third-order valence-electron chi connectivity index (χ3n) is 4.19. The van der Waals surface area contributed by atoms with Gasteiger partial charge in [0.05, 0.1) is 5.56 Å². The van der Waals surface area contributed by atoms with Gasteiger partial charge in [-0.05, 0) is 12.0 Å². The van der Waals surface area contributed by atoms with Crippen molar-refractivity contribution in [1.29, 1.82) is 0 Å². The number of carbonyl (C=O) groups excluding carboxylic acids is 1. The lowest BCUT2D eigenvalue weighted by atomic mass is 10.2. The first-order chi connectivity index (χ1) is 11.3. The first-order valence-electron chi connectivity index (χ1n) is 8.25. The minimum atomic E-state index is -0.399. The fourth-order valence-corrected chi connectivity index (χ4v) is 2.88. The van der Waals surface area contributed by atoms with Crippen LogP contribution < -0.4 is 11.2 Å². The van der Waals surface area contributed by atoms with Crippen LogP contribution in [0, 0.1) is 5.92 Å². The summed E-state index contributed by atoms with van der Waals surface area (Å²) in [6.07, 6.45) is 4.36. The van der Waals surface area contributed by atoms with Gasteiger partial charge in [-0.1, -0.05) is 13.8 Å². The highest BCUT2D eigenvalue weighted by atomic mass is 16.2. The maximum absolute atomic E-state index is 12.3. The van der Waals surface area contributed by atoms with E-state index in [1.165, 1.54) is 30.0 Å². The normalized spacial score (nSPS) is 16.3. The van der Waals surface area contributed by atoms with Crippen molar-refractivity contribution in [1.82, 2.24) is 18.9 Å². The average molecular weight is 334 g/mol. The number of nitrogens with zero attached hydrogens (tertiary/aromatic N) is 4. The second-order valence-corrected chi connectivity index (χ2v) is 6.70. The molecule has 7 nitrogen and oxygen atoms in total. The van der Waals surface area contributed by atoms with Crippen molar-refractivity contribution in [3.05, 3.63) is 38.7 Å². The molecule has 2 heterocycles. The van der Waals surface area contributed by atoms with Crippen LogP contribution in [-0.4, -0.2) is 57.6 Å². The number of aromatic nitrogens is 2. The molecule has 1 amide bonds. The van der Waals surface area contributed by atoms with Crippen molar-refractivity contribution in [2.45, 2.75) is 13.8 Å². The van der Waals surface area contributed by atoms with E-state index >= 15 is 0 Å². The zero-order valence-corrected chi connectivity index (χ0v) is 14.9. The molecule has 0 N–H and O–H groups in total. The topological polar surface area (TPSA) is 67.5 Å².